The fraction of sp³-hybridized carbons (Fsp3) is 0.167. The molecule has 3 aromatic rings. The minimum Gasteiger partial charge on any atom is -0.292 e. The van der Waals surface area contributed by atoms with Gasteiger partial charge in [-0.05, 0) is 24.6 Å². The first-order valence-electron chi connectivity index (χ1n) is 9.52. The molecule has 1 aliphatic rings. The molecule has 30 heavy (non-hydrogen) atoms. The highest BCUT2D eigenvalue weighted by atomic mass is 19.4. The Balaban J connectivity index is 1.89. The average molecular weight is 408 g/mol. The van der Waals surface area contributed by atoms with Crippen LogP contribution in [0.2, 0.25) is 0 Å². The van der Waals surface area contributed by atoms with Crippen LogP contribution < -0.4 is 5.01 Å². The van der Waals surface area contributed by atoms with Crippen LogP contribution in [0.25, 0.3) is 0 Å². The Hall–Kier alpha value is -3.41. The molecule has 0 radical (unpaired) electrons. The predicted octanol–water partition coefficient (Wildman–Crippen LogP) is 5.77. The number of anilines is 1. The van der Waals surface area contributed by atoms with Gasteiger partial charge in [-0.2, -0.15) is 18.3 Å². The van der Waals surface area contributed by atoms with Gasteiger partial charge in [-0.3, -0.25) is 9.80 Å². The lowest BCUT2D eigenvalue weighted by molar-refractivity contribution is -0.0608. The van der Waals surface area contributed by atoms with Crippen molar-refractivity contribution in [3.63, 3.8) is 0 Å². The number of ketones is 1. The van der Waals surface area contributed by atoms with Gasteiger partial charge in [0, 0.05) is 5.56 Å². The topological polar surface area (TPSA) is 32.7 Å². The number of hydrogen-bond acceptors (Lipinski definition) is 3. The number of alkyl halides is 3. The molecule has 0 N–H and O–H groups in total. The fourth-order valence-corrected chi connectivity index (χ4v) is 3.71. The second kappa shape index (κ2) is 7.78. The lowest BCUT2D eigenvalue weighted by Crippen LogP contribution is -2.41. The molecule has 0 aliphatic carbocycles. The summed E-state index contributed by atoms with van der Waals surface area (Å²) in [5.41, 5.74) is 1.14. The van der Waals surface area contributed by atoms with Gasteiger partial charge in [0.05, 0.1) is 11.6 Å². The number of carbonyl (C=O) groups excluding carboxylic acids is 1. The number of Topliss-reactive ketones (excluding diaryl/α,β-unsaturated/α-hetero) is 1. The molecule has 4 rings (SSSR count). The Morgan fingerprint density at radius 2 is 1.43 bits per heavy atom. The molecule has 0 fully saturated rings. The van der Waals surface area contributed by atoms with Crippen molar-refractivity contribution in [3.8, 4) is 0 Å². The molecule has 0 spiro atoms. The van der Waals surface area contributed by atoms with Crippen molar-refractivity contribution in [2.45, 2.75) is 25.1 Å². The summed E-state index contributed by atoms with van der Waals surface area (Å²) in [6.07, 6.45) is -4.67. The van der Waals surface area contributed by atoms with Crippen LogP contribution in [-0.4, -0.2) is 23.7 Å². The minimum absolute atomic E-state index is 0.346. The van der Waals surface area contributed by atoms with E-state index in [4.69, 9.17) is 0 Å². The Morgan fingerprint density at radius 1 is 0.867 bits per heavy atom. The monoisotopic (exact) mass is 408 g/mol. The van der Waals surface area contributed by atoms with E-state index in [0.717, 1.165) is 5.56 Å². The molecule has 0 amide bonds. The normalized spacial score (nSPS) is 18.9. The minimum atomic E-state index is -4.67. The van der Waals surface area contributed by atoms with E-state index in [1.54, 1.807) is 84.9 Å². The Bertz CT molecular complexity index is 1060. The average Bonchev–Trinajstić information content (AvgIpc) is 3.16. The van der Waals surface area contributed by atoms with Crippen molar-refractivity contribution in [2.24, 2.45) is 5.10 Å². The fourth-order valence-electron chi connectivity index (χ4n) is 3.71. The lowest BCUT2D eigenvalue weighted by Gasteiger charge is -2.27. The molecule has 0 bridgehead atoms. The first kappa shape index (κ1) is 19.9. The molecule has 3 nitrogen and oxygen atoms in total. The number of rotatable bonds is 4. The smallest absolute Gasteiger partial charge is 0.292 e. The molecule has 0 aromatic heterocycles. The lowest BCUT2D eigenvalue weighted by atomic mass is 9.83. The van der Waals surface area contributed by atoms with Crippen LogP contribution in [0.5, 0.6) is 0 Å². The zero-order valence-corrected chi connectivity index (χ0v) is 16.2. The van der Waals surface area contributed by atoms with Gasteiger partial charge in [0.1, 0.15) is 6.04 Å². The highest BCUT2D eigenvalue weighted by Crippen LogP contribution is 2.41. The summed E-state index contributed by atoms with van der Waals surface area (Å²) >= 11 is 0. The SMILES string of the molecule is Cc1ccc([C@H]2C(C(F)(F)F)=NN(c3ccccc3)[C@@H]2C(=O)c2ccccc2)cc1. The first-order valence-corrected chi connectivity index (χ1v) is 9.52. The second-order valence-corrected chi connectivity index (χ2v) is 7.23. The number of aryl methyl sites for hydroxylation is 1. The van der Waals surface area contributed by atoms with Gasteiger partial charge in [0.25, 0.3) is 0 Å². The summed E-state index contributed by atoms with van der Waals surface area (Å²) in [4.78, 5) is 13.5. The molecule has 1 heterocycles. The molecule has 152 valence electrons. The number of benzene rings is 3. The van der Waals surface area contributed by atoms with E-state index in [1.165, 1.54) is 5.01 Å². The van der Waals surface area contributed by atoms with Crippen molar-refractivity contribution in [2.75, 3.05) is 5.01 Å². The van der Waals surface area contributed by atoms with E-state index >= 15 is 0 Å². The van der Waals surface area contributed by atoms with E-state index in [2.05, 4.69) is 5.10 Å². The van der Waals surface area contributed by atoms with Gasteiger partial charge in [-0.15, -0.1) is 0 Å². The maximum absolute atomic E-state index is 14.0. The molecule has 3 aromatic carbocycles. The maximum atomic E-state index is 14.0. The van der Waals surface area contributed by atoms with Crippen LogP contribution in [0, 0.1) is 6.92 Å². The van der Waals surface area contributed by atoms with Crippen LogP contribution in [-0.2, 0) is 0 Å². The van der Waals surface area contributed by atoms with Crippen LogP contribution in [0.15, 0.2) is 90.0 Å². The van der Waals surface area contributed by atoms with Crippen LogP contribution in [0.1, 0.15) is 27.4 Å². The zero-order chi connectivity index (χ0) is 21.3. The number of halogens is 3. The van der Waals surface area contributed by atoms with Gasteiger partial charge in [0.2, 0.25) is 0 Å². The molecule has 0 saturated carbocycles. The van der Waals surface area contributed by atoms with Crippen molar-refractivity contribution in [1.29, 1.82) is 0 Å². The van der Waals surface area contributed by atoms with E-state index < -0.39 is 29.6 Å². The Kier molecular flexibility index (Phi) is 5.16. The van der Waals surface area contributed by atoms with Gasteiger partial charge in [0.15, 0.2) is 11.5 Å². The predicted molar refractivity (Wildman–Crippen MR) is 111 cm³/mol. The third kappa shape index (κ3) is 3.73. The molecule has 0 saturated heterocycles. The van der Waals surface area contributed by atoms with Gasteiger partial charge in [-0.1, -0.05) is 78.4 Å². The first-order chi connectivity index (χ1) is 14.4. The molecular formula is C24H19F3N2O. The maximum Gasteiger partial charge on any atom is 0.431 e. The summed E-state index contributed by atoms with van der Waals surface area (Å²) in [6.45, 7) is 1.86. The third-order valence-electron chi connectivity index (χ3n) is 5.16. The largest absolute Gasteiger partial charge is 0.431 e. The third-order valence-corrected chi connectivity index (χ3v) is 5.16. The van der Waals surface area contributed by atoms with Crippen molar-refractivity contribution < 1.29 is 18.0 Å². The number of hydrazone groups is 1. The number of carbonyl (C=O) groups is 1. The van der Waals surface area contributed by atoms with Gasteiger partial charge < -0.3 is 0 Å². The van der Waals surface area contributed by atoms with Crippen molar-refractivity contribution in [1.82, 2.24) is 0 Å². The molecule has 2 atom stereocenters. The number of para-hydroxylation sites is 1. The summed E-state index contributed by atoms with van der Waals surface area (Å²) in [5.74, 6) is -1.65. The highest BCUT2D eigenvalue weighted by molar-refractivity contribution is 6.11. The Morgan fingerprint density at radius 3 is 2.00 bits per heavy atom. The highest BCUT2D eigenvalue weighted by Gasteiger charge is 2.53. The van der Waals surface area contributed by atoms with Crippen LogP contribution in [0.3, 0.4) is 0 Å². The molecule has 0 unspecified atom stereocenters. The van der Waals surface area contributed by atoms with E-state index in [0.29, 0.717) is 16.8 Å². The summed E-state index contributed by atoms with van der Waals surface area (Å²) in [7, 11) is 0. The van der Waals surface area contributed by atoms with Crippen molar-refractivity contribution >= 4 is 17.2 Å². The standard InChI is InChI=1S/C24H19F3N2O/c1-16-12-14-17(15-13-16)20-21(22(30)18-8-4-2-5-9-18)29(19-10-6-3-7-11-19)28-23(20)24(25,26)27/h2-15,20-21H,1H3/t20-,21+/m1/s1. The van der Waals surface area contributed by atoms with Crippen LogP contribution >= 0.6 is 0 Å². The van der Waals surface area contributed by atoms with E-state index in [-0.39, 0.29) is 0 Å². The molecule has 1 aliphatic heterocycles. The quantitative estimate of drug-likeness (QED) is 0.514. The number of hydrogen-bond donors (Lipinski definition) is 0. The number of nitrogens with zero attached hydrogens (tertiary/aromatic N) is 2. The van der Waals surface area contributed by atoms with E-state index in [1.807, 2.05) is 6.92 Å². The van der Waals surface area contributed by atoms with Gasteiger partial charge in [-0.25, -0.2) is 0 Å². The van der Waals surface area contributed by atoms with Crippen molar-refractivity contribution in [3.05, 3.63) is 102 Å². The summed E-state index contributed by atoms with van der Waals surface area (Å²) < 4.78 is 42.1. The summed E-state index contributed by atoms with van der Waals surface area (Å²) in [5, 5.41) is 5.15. The Labute approximate surface area is 172 Å². The second-order valence-electron chi connectivity index (χ2n) is 7.23. The van der Waals surface area contributed by atoms with Gasteiger partial charge >= 0.3 is 6.18 Å². The molecule has 6 heteroatoms. The van der Waals surface area contributed by atoms with Crippen LogP contribution in [0.4, 0.5) is 18.9 Å². The summed E-state index contributed by atoms with van der Waals surface area (Å²) in [6, 6.07) is 22.5. The zero-order valence-electron chi connectivity index (χ0n) is 16.2. The van der Waals surface area contributed by atoms with E-state index in [9.17, 15) is 18.0 Å². The molecular weight excluding hydrogens is 389 g/mol.